The van der Waals surface area contributed by atoms with Crippen molar-refractivity contribution in [3.63, 3.8) is 0 Å². The maximum atomic E-state index is 13.7. The standard InChI is InChI=1S/C24H24F6N2O/c1-3-4-5-15(2)22-31-21(32-33-22)18-11-10-17(20(14-18)24(28,29)30)9-6-16-7-12-19(13-8-16)23(25,26)27/h7-8,10-15H,3-6,9H2,1-2H3/t15-/m0/s1. The van der Waals surface area contributed by atoms with E-state index in [1.165, 1.54) is 24.3 Å². The number of hydrogen-bond acceptors (Lipinski definition) is 3. The molecule has 0 saturated carbocycles. The minimum atomic E-state index is -4.60. The molecule has 33 heavy (non-hydrogen) atoms. The van der Waals surface area contributed by atoms with Crippen molar-refractivity contribution < 1.29 is 30.9 Å². The molecule has 3 rings (SSSR count). The van der Waals surface area contributed by atoms with Gasteiger partial charge in [0.2, 0.25) is 11.7 Å². The molecule has 3 aromatic rings. The van der Waals surface area contributed by atoms with Crippen molar-refractivity contribution in [1.29, 1.82) is 0 Å². The lowest BCUT2D eigenvalue weighted by molar-refractivity contribution is -0.138. The molecule has 0 aliphatic carbocycles. The molecular formula is C24H24F6N2O. The van der Waals surface area contributed by atoms with Gasteiger partial charge >= 0.3 is 12.4 Å². The Kier molecular flexibility index (Phi) is 7.49. The highest BCUT2D eigenvalue weighted by atomic mass is 19.4. The SMILES string of the molecule is CCCC[C@H](C)c1nc(-c2ccc(CCc3ccc(C(F)(F)F)cc3)c(C(F)(F)F)c2)no1. The van der Waals surface area contributed by atoms with Crippen LogP contribution >= 0.6 is 0 Å². The van der Waals surface area contributed by atoms with Crippen LogP contribution in [0.4, 0.5) is 26.3 Å². The number of aromatic nitrogens is 2. The van der Waals surface area contributed by atoms with Crippen LogP contribution in [0.15, 0.2) is 47.0 Å². The van der Waals surface area contributed by atoms with E-state index < -0.39 is 23.5 Å². The van der Waals surface area contributed by atoms with Gasteiger partial charge in [0, 0.05) is 11.5 Å². The number of benzene rings is 2. The third-order valence-electron chi connectivity index (χ3n) is 5.49. The van der Waals surface area contributed by atoms with E-state index in [0.717, 1.165) is 37.5 Å². The van der Waals surface area contributed by atoms with Crippen molar-refractivity contribution in [3.8, 4) is 11.4 Å². The molecule has 178 valence electrons. The molecule has 1 atom stereocenters. The van der Waals surface area contributed by atoms with Crippen molar-refractivity contribution >= 4 is 0 Å². The molecule has 0 aliphatic rings. The number of nitrogens with zero attached hydrogens (tertiary/aromatic N) is 2. The van der Waals surface area contributed by atoms with Gasteiger partial charge < -0.3 is 4.52 Å². The van der Waals surface area contributed by atoms with Crippen molar-refractivity contribution in [2.45, 2.75) is 64.2 Å². The first-order valence-corrected chi connectivity index (χ1v) is 10.7. The maximum Gasteiger partial charge on any atom is 0.416 e. The second-order valence-electron chi connectivity index (χ2n) is 8.06. The van der Waals surface area contributed by atoms with Crippen LogP contribution in [-0.4, -0.2) is 10.1 Å². The molecule has 0 aliphatic heterocycles. The van der Waals surface area contributed by atoms with Crippen LogP contribution in [0.3, 0.4) is 0 Å². The molecule has 3 nitrogen and oxygen atoms in total. The van der Waals surface area contributed by atoms with Crippen LogP contribution < -0.4 is 0 Å². The smallest absolute Gasteiger partial charge is 0.339 e. The second kappa shape index (κ2) is 9.97. The quantitative estimate of drug-likeness (QED) is 0.315. The Morgan fingerprint density at radius 3 is 2.21 bits per heavy atom. The Hall–Kier alpha value is -2.84. The molecular weight excluding hydrogens is 446 g/mol. The zero-order chi connectivity index (χ0) is 24.2. The zero-order valence-corrected chi connectivity index (χ0v) is 18.2. The number of aryl methyl sites for hydroxylation is 2. The molecule has 2 aromatic carbocycles. The number of halogens is 6. The second-order valence-corrected chi connectivity index (χ2v) is 8.06. The Bertz CT molecular complexity index is 1050. The summed E-state index contributed by atoms with van der Waals surface area (Å²) in [7, 11) is 0. The highest BCUT2D eigenvalue weighted by molar-refractivity contribution is 5.57. The summed E-state index contributed by atoms with van der Waals surface area (Å²) in [4.78, 5) is 4.27. The highest BCUT2D eigenvalue weighted by Crippen LogP contribution is 2.36. The Balaban J connectivity index is 1.80. The van der Waals surface area contributed by atoms with Crippen LogP contribution in [0.2, 0.25) is 0 Å². The van der Waals surface area contributed by atoms with Gasteiger partial charge in [0.1, 0.15) is 0 Å². The van der Waals surface area contributed by atoms with Gasteiger partial charge in [-0.1, -0.05) is 56.1 Å². The average molecular weight is 470 g/mol. The van der Waals surface area contributed by atoms with Crippen molar-refractivity contribution in [2.24, 2.45) is 0 Å². The number of hydrogen-bond donors (Lipinski definition) is 0. The van der Waals surface area contributed by atoms with E-state index in [1.807, 2.05) is 6.92 Å². The van der Waals surface area contributed by atoms with Crippen LogP contribution in [0.5, 0.6) is 0 Å². The summed E-state index contributed by atoms with van der Waals surface area (Å²) in [5.41, 5.74) is -0.860. The molecule has 0 radical (unpaired) electrons. The predicted octanol–water partition coefficient (Wildman–Crippen LogP) is 7.85. The Morgan fingerprint density at radius 2 is 1.61 bits per heavy atom. The van der Waals surface area contributed by atoms with E-state index in [-0.39, 0.29) is 35.7 Å². The fraction of sp³-hybridized carbons (Fsp3) is 0.417. The zero-order valence-electron chi connectivity index (χ0n) is 18.2. The Morgan fingerprint density at radius 1 is 0.909 bits per heavy atom. The molecule has 0 amide bonds. The highest BCUT2D eigenvalue weighted by Gasteiger charge is 2.34. The van der Waals surface area contributed by atoms with Crippen LogP contribution in [0.1, 0.15) is 67.2 Å². The van der Waals surface area contributed by atoms with E-state index in [0.29, 0.717) is 11.5 Å². The summed E-state index contributed by atoms with van der Waals surface area (Å²) in [6.45, 7) is 3.99. The van der Waals surface area contributed by atoms with E-state index in [1.54, 1.807) is 0 Å². The largest absolute Gasteiger partial charge is 0.416 e. The van der Waals surface area contributed by atoms with Gasteiger partial charge in [-0.25, -0.2) is 0 Å². The first-order valence-electron chi connectivity index (χ1n) is 10.7. The summed E-state index contributed by atoms with van der Waals surface area (Å²) in [5.74, 6) is 0.489. The van der Waals surface area contributed by atoms with E-state index in [2.05, 4.69) is 17.1 Å². The van der Waals surface area contributed by atoms with Gasteiger partial charge in [-0.05, 0) is 48.6 Å². The summed E-state index contributed by atoms with van der Waals surface area (Å²) in [6, 6.07) is 8.28. The van der Waals surface area contributed by atoms with E-state index in [4.69, 9.17) is 4.52 Å². The third-order valence-corrected chi connectivity index (χ3v) is 5.49. The minimum Gasteiger partial charge on any atom is -0.339 e. The average Bonchev–Trinajstić information content (AvgIpc) is 3.25. The van der Waals surface area contributed by atoms with Crippen molar-refractivity contribution in [2.75, 3.05) is 0 Å². The van der Waals surface area contributed by atoms with Gasteiger partial charge in [0.15, 0.2) is 0 Å². The predicted molar refractivity (Wildman–Crippen MR) is 112 cm³/mol. The molecule has 0 bridgehead atoms. The van der Waals surface area contributed by atoms with Gasteiger partial charge in [-0.15, -0.1) is 0 Å². The number of unbranched alkanes of at least 4 members (excludes halogenated alkanes) is 1. The molecule has 0 N–H and O–H groups in total. The first kappa shape index (κ1) is 24.8. The summed E-state index contributed by atoms with van der Waals surface area (Å²) in [5, 5.41) is 3.84. The van der Waals surface area contributed by atoms with Gasteiger partial charge in [0.25, 0.3) is 0 Å². The fourth-order valence-corrected chi connectivity index (χ4v) is 3.52. The van der Waals surface area contributed by atoms with Crippen LogP contribution in [0.25, 0.3) is 11.4 Å². The lowest BCUT2D eigenvalue weighted by Crippen LogP contribution is -2.10. The molecule has 9 heteroatoms. The van der Waals surface area contributed by atoms with Crippen molar-refractivity contribution in [3.05, 3.63) is 70.6 Å². The van der Waals surface area contributed by atoms with Crippen LogP contribution in [0, 0.1) is 0 Å². The summed E-state index contributed by atoms with van der Waals surface area (Å²) < 4.78 is 84.5. The minimum absolute atomic E-state index is 0.0105. The first-order chi connectivity index (χ1) is 15.5. The Labute approximate surface area is 187 Å². The number of rotatable bonds is 8. The number of alkyl halides is 6. The van der Waals surface area contributed by atoms with Gasteiger partial charge in [0.05, 0.1) is 11.1 Å². The fourth-order valence-electron chi connectivity index (χ4n) is 3.52. The molecule has 0 fully saturated rings. The monoisotopic (exact) mass is 470 g/mol. The topological polar surface area (TPSA) is 38.9 Å². The summed E-state index contributed by atoms with van der Waals surface area (Å²) >= 11 is 0. The van der Waals surface area contributed by atoms with E-state index in [9.17, 15) is 26.3 Å². The van der Waals surface area contributed by atoms with Crippen LogP contribution in [-0.2, 0) is 25.2 Å². The third kappa shape index (κ3) is 6.36. The lowest BCUT2D eigenvalue weighted by atomic mass is 9.97. The van der Waals surface area contributed by atoms with Gasteiger partial charge in [-0.2, -0.15) is 31.3 Å². The van der Waals surface area contributed by atoms with Crippen molar-refractivity contribution in [1.82, 2.24) is 10.1 Å². The molecule has 0 spiro atoms. The lowest BCUT2D eigenvalue weighted by Gasteiger charge is -2.14. The summed E-state index contributed by atoms with van der Waals surface area (Å²) in [6.07, 6.45) is -6.05. The normalized spacial score (nSPS) is 13.3. The molecule has 1 aromatic heterocycles. The van der Waals surface area contributed by atoms with Gasteiger partial charge in [-0.3, -0.25) is 0 Å². The molecule has 1 heterocycles. The molecule has 0 saturated heterocycles. The maximum absolute atomic E-state index is 13.7. The molecule has 0 unspecified atom stereocenters. The van der Waals surface area contributed by atoms with E-state index >= 15 is 0 Å².